The third-order valence-corrected chi connectivity index (χ3v) is 2.72. The summed E-state index contributed by atoms with van der Waals surface area (Å²) in [4.78, 5) is 15.2. The molecule has 0 aliphatic heterocycles. The molecule has 5 heteroatoms. The number of hydrogen-bond donors (Lipinski definition) is 1. The van der Waals surface area contributed by atoms with Crippen molar-refractivity contribution in [2.24, 2.45) is 5.10 Å². The summed E-state index contributed by atoms with van der Waals surface area (Å²) < 4.78 is 5.15. The van der Waals surface area contributed by atoms with Gasteiger partial charge in [-0.25, -0.2) is 0 Å². The molecule has 0 aliphatic rings. The zero-order valence-electron chi connectivity index (χ0n) is 10.9. The fraction of sp³-hybridized carbons (Fsp3) is 0.143. The first-order valence-electron chi connectivity index (χ1n) is 5.75. The fourth-order valence-electron chi connectivity index (χ4n) is 1.73. The van der Waals surface area contributed by atoms with Gasteiger partial charge in [-0.2, -0.15) is 5.10 Å². The smallest absolute Gasteiger partial charge is 0.191 e. The van der Waals surface area contributed by atoms with Crippen molar-refractivity contribution in [3.8, 4) is 5.75 Å². The molecule has 0 fully saturated rings. The van der Waals surface area contributed by atoms with Crippen molar-refractivity contribution in [3.63, 3.8) is 0 Å². The van der Waals surface area contributed by atoms with Gasteiger partial charge in [0.05, 0.1) is 12.6 Å². The Morgan fingerprint density at radius 3 is 2.89 bits per heavy atom. The molecule has 0 amide bonds. The maximum Gasteiger partial charge on any atom is 0.191 e. The number of hydrogen-bond acceptors (Lipinski definition) is 4. The minimum absolute atomic E-state index is 0.0629. The highest BCUT2D eigenvalue weighted by Crippen LogP contribution is 2.19. The molecular formula is C14H15N3O2. The van der Waals surface area contributed by atoms with Gasteiger partial charge in [0.2, 0.25) is 0 Å². The number of pyridine rings is 1. The number of aromatic amines is 1. The van der Waals surface area contributed by atoms with Crippen molar-refractivity contribution in [1.29, 1.82) is 0 Å². The average Bonchev–Trinajstić information content (AvgIpc) is 2.43. The molecule has 1 N–H and O–H groups in total. The lowest BCUT2D eigenvalue weighted by molar-refractivity contribution is 0.415. The van der Waals surface area contributed by atoms with E-state index in [4.69, 9.17) is 4.74 Å². The van der Waals surface area contributed by atoms with Crippen LogP contribution in [0.25, 0.3) is 10.9 Å². The van der Waals surface area contributed by atoms with Crippen LogP contribution in [0, 0.1) is 0 Å². The molecule has 2 rings (SSSR count). The summed E-state index contributed by atoms with van der Waals surface area (Å²) in [7, 11) is 3.33. The molecule has 98 valence electrons. The first kappa shape index (κ1) is 12.9. The van der Waals surface area contributed by atoms with Gasteiger partial charge in [0.1, 0.15) is 11.6 Å². The van der Waals surface area contributed by atoms with E-state index in [1.807, 2.05) is 0 Å². The Labute approximate surface area is 110 Å². The van der Waals surface area contributed by atoms with Crippen molar-refractivity contribution in [1.82, 2.24) is 4.98 Å². The van der Waals surface area contributed by atoms with Gasteiger partial charge < -0.3 is 9.72 Å². The Balaban J connectivity index is 2.55. The van der Waals surface area contributed by atoms with Crippen LogP contribution in [0.3, 0.4) is 0 Å². The number of nitrogens with zero attached hydrogens (tertiary/aromatic N) is 2. The summed E-state index contributed by atoms with van der Waals surface area (Å²) in [6, 6.07) is 6.79. The zero-order valence-corrected chi connectivity index (χ0v) is 10.9. The molecule has 5 nitrogen and oxygen atoms in total. The standard InChI is InChI=1S/C14H15N3O2/c1-4-7-15-17(2)14-9-13(18)11-6-5-10(19-3)8-12(11)16-14/h4-9H,1H2,2-3H3,(H,16,18)/b15-7-. The van der Waals surface area contributed by atoms with E-state index in [1.54, 1.807) is 49.7 Å². The van der Waals surface area contributed by atoms with E-state index < -0.39 is 0 Å². The third kappa shape index (κ3) is 2.65. The number of benzene rings is 1. The number of allylic oxidation sites excluding steroid dienone is 1. The summed E-state index contributed by atoms with van der Waals surface area (Å²) in [6.07, 6.45) is 3.12. The van der Waals surface area contributed by atoms with Gasteiger partial charge in [-0.3, -0.25) is 9.80 Å². The van der Waals surface area contributed by atoms with E-state index in [1.165, 1.54) is 6.07 Å². The van der Waals surface area contributed by atoms with Gasteiger partial charge in [-0.15, -0.1) is 0 Å². The maximum absolute atomic E-state index is 12.0. The molecule has 0 saturated carbocycles. The van der Waals surface area contributed by atoms with Crippen molar-refractivity contribution >= 4 is 22.9 Å². The molecule has 0 bridgehead atoms. The molecule has 0 spiro atoms. The van der Waals surface area contributed by atoms with Gasteiger partial charge in [0.25, 0.3) is 0 Å². The molecule has 1 aromatic heterocycles. The zero-order chi connectivity index (χ0) is 13.8. The molecule has 0 aliphatic carbocycles. The number of methoxy groups -OCH3 is 1. The quantitative estimate of drug-likeness (QED) is 0.674. The lowest BCUT2D eigenvalue weighted by atomic mass is 10.2. The van der Waals surface area contributed by atoms with E-state index in [-0.39, 0.29) is 5.43 Å². The molecule has 0 unspecified atom stereocenters. The van der Waals surface area contributed by atoms with E-state index >= 15 is 0 Å². The van der Waals surface area contributed by atoms with Gasteiger partial charge in [-0.1, -0.05) is 6.58 Å². The fourth-order valence-corrected chi connectivity index (χ4v) is 1.73. The van der Waals surface area contributed by atoms with E-state index in [0.29, 0.717) is 22.5 Å². The number of rotatable bonds is 4. The van der Waals surface area contributed by atoms with E-state index in [0.717, 1.165) is 0 Å². The molecule has 0 saturated heterocycles. The average molecular weight is 257 g/mol. The highest BCUT2D eigenvalue weighted by Gasteiger charge is 2.06. The number of H-pyrrole nitrogens is 1. The van der Waals surface area contributed by atoms with Crippen LogP contribution in [0.15, 0.2) is 46.8 Å². The Morgan fingerprint density at radius 2 is 2.21 bits per heavy atom. The normalized spacial score (nSPS) is 10.8. The Bertz CT molecular complexity index is 689. The van der Waals surface area contributed by atoms with Crippen molar-refractivity contribution in [2.75, 3.05) is 19.2 Å². The Hall–Kier alpha value is -2.56. The van der Waals surface area contributed by atoms with Crippen LogP contribution in [0.1, 0.15) is 0 Å². The number of aromatic nitrogens is 1. The first-order valence-corrected chi connectivity index (χ1v) is 5.75. The molecule has 19 heavy (non-hydrogen) atoms. The van der Waals surface area contributed by atoms with Crippen LogP contribution in [-0.4, -0.2) is 25.4 Å². The van der Waals surface area contributed by atoms with Crippen LogP contribution in [0.2, 0.25) is 0 Å². The summed E-state index contributed by atoms with van der Waals surface area (Å²) in [5.74, 6) is 1.29. The van der Waals surface area contributed by atoms with Gasteiger partial charge in [0, 0.05) is 30.8 Å². The summed E-state index contributed by atoms with van der Waals surface area (Å²) in [6.45, 7) is 3.55. The summed E-state index contributed by atoms with van der Waals surface area (Å²) in [5, 5.41) is 6.28. The minimum Gasteiger partial charge on any atom is -0.497 e. The number of ether oxygens (including phenoxy) is 1. The number of nitrogens with one attached hydrogen (secondary N) is 1. The summed E-state index contributed by atoms with van der Waals surface area (Å²) >= 11 is 0. The maximum atomic E-state index is 12.0. The third-order valence-electron chi connectivity index (χ3n) is 2.72. The molecule has 0 radical (unpaired) electrons. The van der Waals surface area contributed by atoms with Crippen LogP contribution in [0.4, 0.5) is 5.82 Å². The highest BCUT2D eigenvalue weighted by atomic mass is 16.5. The lowest BCUT2D eigenvalue weighted by Crippen LogP contribution is -2.14. The second-order valence-electron chi connectivity index (χ2n) is 3.95. The predicted octanol–water partition coefficient (Wildman–Crippen LogP) is 2.14. The minimum atomic E-state index is -0.0629. The SMILES string of the molecule is C=C/C=N\N(C)c1cc(=O)c2ccc(OC)cc2[nH]1. The topological polar surface area (TPSA) is 57.7 Å². The van der Waals surface area contributed by atoms with Crippen LogP contribution in [-0.2, 0) is 0 Å². The largest absolute Gasteiger partial charge is 0.497 e. The van der Waals surface area contributed by atoms with Gasteiger partial charge >= 0.3 is 0 Å². The Kier molecular flexibility index (Phi) is 3.66. The second kappa shape index (κ2) is 5.39. The molecule has 1 heterocycles. The first-order chi connectivity index (χ1) is 9.15. The monoisotopic (exact) mass is 257 g/mol. The molecule has 0 atom stereocenters. The van der Waals surface area contributed by atoms with Crippen LogP contribution in [0.5, 0.6) is 5.75 Å². The van der Waals surface area contributed by atoms with Crippen LogP contribution < -0.4 is 15.2 Å². The number of fused-ring (bicyclic) bond motifs is 1. The number of anilines is 1. The van der Waals surface area contributed by atoms with Gasteiger partial charge in [-0.05, 0) is 18.2 Å². The van der Waals surface area contributed by atoms with Crippen molar-refractivity contribution < 1.29 is 4.74 Å². The molecule has 1 aromatic carbocycles. The second-order valence-corrected chi connectivity index (χ2v) is 3.95. The molecular weight excluding hydrogens is 242 g/mol. The highest BCUT2D eigenvalue weighted by molar-refractivity contribution is 5.81. The number of hydrazone groups is 1. The van der Waals surface area contributed by atoms with E-state index in [2.05, 4.69) is 16.7 Å². The van der Waals surface area contributed by atoms with Crippen LogP contribution >= 0.6 is 0 Å². The summed E-state index contributed by atoms with van der Waals surface area (Å²) in [5.41, 5.74) is 0.648. The molecule has 2 aromatic rings. The Morgan fingerprint density at radius 1 is 1.42 bits per heavy atom. The van der Waals surface area contributed by atoms with Crippen molar-refractivity contribution in [2.45, 2.75) is 0 Å². The lowest BCUT2D eigenvalue weighted by Gasteiger charge is -2.13. The predicted molar refractivity (Wildman–Crippen MR) is 78.2 cm³/mol. The van der Waals surface area contributed by atoms with Gasteiger partial charge in [0.15, 0.2) is 5.43 Å². The van der Waals surface area contributed by atoms with Crippen molar-refractivity contribution in [3.05, 3.63) is 47.1 Å². The van der Waals surface area contributed by atoms with E-state index in [9.17, 15) is 4.79 Å².